The molecule has 0 unspecified atom stereocenters. The molecule has 0 spiro atoms. The van der Waals surface area contributed by atoms with Crippen molar-refractivity contribution >= 4 is 15.7 Å². The van der Waals surface area contributed by atoms with Crippen LogP contribution in [0.15, 0.2) is 23.4 Å². The second-order valence-corrected chi connectivity index (χ2v) is 6.58. The average molecular weight is 269 g/mol. The van der Waals surface area contributed by atoms with E-state index in [2.05, 4.69) is 11.9 Å². The number of sulfonamides is 1. The van der Waals surface area contributed by atoms with Gasteiger partial charge in [0.1, 0.15) is 4.90 Å². The highest BCUT2D eigenvalue weighted by Crippen LogP contribution is 2.27. The summed E-state index contributed by atoms with van der Waals surface area (Å²) in [6.07, 6.45) is 5.79. The van der Waals surface area contributed by atoms with E-state index in [0.29, 0.717) is 19.0 Å². The Bertz CT molecular complexity index is 508. The van der Waals surface area contributed by atoms with Crippen LogP contribution in [0.3, 0.4) is 0 Å². The Balaban J connectivity index is 2.20. The quantitative estimate of drug-likeness (QED) is 0.901. The molecular formula is C12H19N3O2S. The summed E-state index contributed by atoms with van der Waals surface area (Å²) in [7, 11) is -3.48. The smallest absolute Gasteiger partial charge is 0.246 e. The molecule has 1 saturated heterocycles. The summed E-state index contributed by atoms with van der Waals surface area (Å²) in [5.74, 6) is 0.641. The molecule has 0 aromatic carbocycles. The number of pyridine rings is 1. The maximum atomic E-state index is 12.4. The fourth-order valence-electron chi connectivity index (χ4n) is 2.30. The van der Waals surface area contributed by atoms with E-state index in [1.165, 1.54) is 22.8 Å². The van der Waals surface area contributed by atoms with Crippen LogP contribution in [0.5, 0.6) is 0 Å². The highest BCUT2D eigenvalue weighted by molar-refractivity contribution is 7.89. The number of hydrogen-bond acceptors (Lipinski definition) is 4. The van der Waals surface area contributed by atoms with Gasteiger partial charge in [0.15, 0.2) is 0 Å². The second-order valence-electron chi connectivity index (χ2n) is 4.67. The van der Waals surface area contributed by atoms with E-state index in [0.717, 1.165) is 19.3 Å². The summed E-state index contributed by atoms with van der Waals surface area (Å²) in [4.78, 5) is 3.98. The topological polar surface area (TPSA) is 76.3 Å². The van der Waals surface area contributed by atoms with Crippen LogP contribution in [0.2, 0.25) is 0 Å². The molecule has 1 aromatic heterocycles. The van der Waals surface area contributed by atoms with Gasteiger partial charge >= 0.3 is 0 Å². The molecule has 100 valence electrons. The Labute approximate surface area is 108 Å². The summed E-state index contributed by atoms with van der Waals surface area (Å²) in [6, 6.07) is 1.52. The minimum absolute atomic E-state index is 0.125. The first kappa shape index (κ1) is 13.3. The van der Waals surface area contributed by atoms with Gasteiger partial charge in [0.05, 0.1) is 5.69 Å². The molecule has 2 rings (SSSR count). The molecule has 18 heavy (non-hydrogen) atoms. The van der Waals surface area contributed by atoms with Gasteiger partial charge in [-0.05, 0) is 24.8 Å². The van der Waals surface area contributed by atoms with Gasteiger partial charge in [-0.3, -0.25) is 4.98 Å². The first-order chi connectivity index (χ1) is 8.55. The molecule has 0 atom stereocenters. The molecule has 1 fully saturated rings. The largest absolute Gasteiger partial charge is 0.398 e. The van der Waals surface area contributed by atoms with Gasteiger partial charge in [-0.2, -0.15) is 4.31 Å². The molecule has 1 aliphatic rings. The third-order valence-corrected chi connectivity index (χ3v) is 5.53. The molecule has 0 saturated carbocycles. The zero-order valence-electron chi connectivity index (χ0n) is 10.5. The van der Waals surface area contributed by atoms with Crippen molar-refractivity contribution in [2.45, 2.75) is 31.1 Å². The summed E-state index contributed by atoms with van der Waals surface area (Å²) < 4.78 is 26.3. The average Bonchev–Trinajstić information content (AvgIpc) is 2.39. The van der Waals surface area contributed by atoms with Crippen LogP contribution in [-0.4, -0.2) is 30.8 Å². The van der Waals surface area contributed by atoms with Gasteiger partial charge in [0, 0.05) is 25.5 Å². The number of hydrogen-bond donors (Lipinski definition) is 1. The van der Waals surface area contributed by atoms with Gasteiger partial charge in [-0.25, -0.2) is 8.42 Å². The molecule has 0 aliphatic carbocycles. The van der Waals surface area contributed by atoms with Crippen molar-refractivity contribution in [1.82, 2.24) is 9.29 Å². The molecule has 2 N–H and O–H groups in total. The first-order valence-corrected chi connectivity index (χ1v) is 7.69. The first-order valence-electron chi connectivity index (χ1n) is 6.25. The summed E-state index contributed by atoms with van der Waals surface area (Å²) in [5.41, 5.74) is 5.99. The lowest BCUT2D eigenvalue weighted by Gasteiger charge is -2.30. The van der Waals surface area contributed by atoms with Crippen molar-refractivity contribution < 1.29 is 8.42 Å². The fourth-order valence-corrected chi connectivity index (χ4v) is 3.83. The van der Waals surface area contributed by atoms with Gasteiger partial charge in [-0.1, -0.05) is 13.3 Å². The van der Waals surface area contributed by atoms with Crippen molar-refractivity contribution in [3.8, 4) is 0 Å². The molecule has 0 amide bonds. The standard InChI is InChI=1S/C12H19N3O2S/c1-2-10-4-7-15(8-5-10)18(16,17)12-9-14-6-3-11(12)13/h3,6,9-10H,2,4-5,7-8H2,1H3,(H2,13,14). The molecule has 0 bridgehead atoms. The van der Waals surface area contributed by atoms with E-state index in [1.54, 1.807) is 0 Å². The van der Waals surface area contributed by atoms with Crippen molar-refractivity contribution in [2.24, 2.45) is 5.92 Å². The van der Waals surface area contributed by atoms with E-state index in [1.807, 2.05) is 0 Å². The van der Waals surface area contributed by atoms with Crippen LogP contribution in [0, 0.1) is 5.92 Å². The van der Waals surface area contributed by atoms with Gasteiger partial charge in [-0.15, -0.1) is 0 Å². The van der Waals surface area contributed by atoms with E-state index in [9.17, 15) is 8.42 Å². The maximum Gasteiger partial charge on any atom is 0.246 e. The van der Waals surface area contributed by atoms with E-state index < -0.39 is 10.0 Å². The number of nitrogens with two attached hydrogens (primary N) is 1. The molecule has 2 heterocycles. The SMILES string of the molecule is CCC1CCN(S(=O)(=O)c2cnccc2N)CC1. The van der Waals surface area contributed by atoms with Crippen LogP contribution in [0.25, 0.3) is 0 Å². The van der Waals surface area contributed by atoms with Crippen molar-refractivity contribution in [2.75, 3.05) is 18.8 Å². The molecule has 5 nitrogen and oxygen atoms in total. The maximum absolute atomic E-state index is 12.4. The fraction of sp³-hybridized carbons (Fsp3) is 0.583. The molecule has 1 aliphatic heterocycles. The zero-order valence-corrected chi connectivity index (χ0v) is 11.4. The minimum atomic E-state index is -3.48. The normalized spacial score (nSPS) is 18.9. The number of nitrogens with zero attached hydrogens (tertiary/aromatic N) is 2. The Morgan fingerprint density at radius 2 is 2.11 bits per heavy atom. The Hall–Kier alpha value is -1.14. The number of aromatic nitrogens is 1. The highest BCUT2D eigenvalue weighted by Gasteiger charge is 2.30. The summed E-state index contributed by atoms with van der Waals surface area (Å²) in [6.45, 7) is 3.30. The summed E-state index contributed by atoms with van der Waals surface area (Å²) in [5, 5.41) is 0. The minimum Gasteiger partial charge on any atom is -0.398 e. The van der Waals surface area contributed by atoms with E-state index in [-0.39, 0.29) is 10.6 Å². The van der Waals surface area contributed by atoms with Crippen LogP contribution < -0.4 is 5.73 Å². The van der Waals surface area contributed by atoms with Crippen LogP contribution in [0.1, 0.15) is 26.2 Å². The third kappa shape index (κ3) is 2.49. The van der Waals surface area contributed by atoms with Crippen LogP contribution >= 0.6 is 0 Å². The Morgan fingerprint density at radius 1 is 1.44 bits per heavy atom. The Kier molecular flexibility index (Phi) is 3.87. The predicted molar refractivity (Wildman–Crippen MR) is 70.4 cm³/mol. The number of piperidine rings is 1. The second kappa shape index (κ2) is 5.24. The molecule has 0 radical (unpaired) electrons. The van der Waals surface area contributed by atoms with E-state index in [4.69, 9.17) is 5.73 Å². The zero-order chi connectivity index (χ0) is 13.2. The monoisotopic (exact) mass is 269 g/mol. The Morgan fingerprint density at radius 3 is 2.67 bits per heavy atom. The van der Waals surface area contributed by atoms with Crippen molar-refractivity contribution in [1.29, 1.82) is 0 Å². The summed E-state index contributed by atoms with van der Waals surface area (Å²) >= 11 is 0. The molecule has 1 aromatic rings. The van der Waals surface area contributed by atoms with Crippen molar-refractivity contribution in [3.05, 3.63) is 18.5 Å². The third-order valence-electron chi connectivity index (χ3n) is 3.59. The predicted octanol–water partition coefficient (Wildman–Crippen LogP) is 1.47. The molecule has 6 heteroatoms. The number of nitrogen functional groups attached to an aromatic ring is 1. The lowest BCUT2D eigenvalue weighted by atomic mass is 9.96. The molecular weight excluding hydrogens is 250 g/mol. The van der Waals surface area contributed by atoms with Crippen LogP contribution in [0.4, 0.5) is 5.69 Å². The number of anilines is 1. The lowest BCUT2D eigenvalue weighted by molar-refractivity contribution is 0.269. The van der Waals surface area contributed by atoms with E-state index >= 15 is 0 Å². The van der Waals surface area contributed by atoms with Gasteiger partial charge < -0.3 is 5.73 Å². The lowest BCUT2D eigenvalue weighted by Crippen LogP contribution is -2.38. The highest BCUT2D eigenvalue weighted by atomic mass is 32.2. The van der Waals surface area contributed by atoms with Gasteiger partial charge in [0.25, 0.3) is 0 Å². The number of rotatable bonds is 3. The van der Waals surface area contributed by atoms with Crippen LogP contribution in [-0.2, 0) is 10.0 Å². The van der Waals surface area contributed by atoms with Crippen molar-refractivity contribution in [3.63, 3.8) is 0 Å². The van der Waals surface area contributed by atoms with Gasteiger partial charge in [0.2, 0.25) is 10.0 Å².